The maximum atomic E-state index is 10.2. The maximum absolute atomic E-state index is 10.2. The fourth-order valence-corrected chi connectivity index (χ4v) is 3.95. The van der Waals surface area contributed by atoms with Crippen molar-refractivity contribution in [1.82, 2.24) is 0 Å². The third-order valence-electron chi connectivity index (χ3n) is 4.21. The van der Waals surface area contributed by atoms with Crippen molar-refractivity contribution >= 4 is 21.5 Å². The smallest absolute Gasteiger partial charge is 0.870 e. The molecule has 0 aliphatic rings. The van der Waals surface area contributed by atoms with Gasteiger partial charge < -0.3 is 5.48 Å². The first-order valence-corrected chi connectivity index (χ1v) is 10.4. The fourth-order valence-electron chi connectivity index (χ4n) is 2.78. The molecule has 0 fully saturated rings. The molecule has 29 heavy (non-hydrogen) atoms. The number of thiophene rings is 1. The predicted octanol–water partition coefficient (Wildman–Crippen LogP) is 5.48. The minimum absolute atomic E-state index is 0. The summed E-state index contributed by atoms with van der Waals surface area (Å²) in [4.78, 5) is 7.19. The van der Waals surface area contributed by atoms with Crippen molar-refractivity contribution in [3.63, 3.8) is 0 Å². The normalized spacial score (nSPS) is 11.9. The molecule has 0 spiro atoms. The molecule has 3 rings (SSSR count). The molecule has 2 aromatic carbocycles. The quantitative estimate of drug-likeness (QED) is 0.296. The summed E-state index contributed by atoms with van der Waals surface area (Å²) in [6.07, 6.45) is 4.86. The molecule has 3 aromatic rings. The summed E-state index contributed by atoms with van der Waals surface area (Å²) in [7, 11) is 0. The zero-order chi connectivity index (χ0) is 19.9. The van der Waals surface area contributed by atoms with Gasteiger partial charge in [0.05, 0.1) is 0 Å². The van der Waals surface area contributed by atoms with Crippen LogP contribution in [0.5, 0.6) is 5.75 Å². The van der Waals surface area contributed by atoms with Gasteiger partial charge in [0.2, 0.25) is 0 Å². The van der Waals surface area contributed by atoms with E-state index in [0.717, 1.165) is 27.2 Å². The first kappa shape index (κ1) is 23.0. The molecule has 0 unspecified atom stereocenters. The van der Waals surface area contributed by atoms with Gasteiger partial charge in [-0.05, 0) is 0 Å². The van der Waals surface area contributed by atoms with Crippen molar-refractivity contribution in [2.45, 2.75) is 26.7 Å². The number of nitrogens with zero attached hydrogens (tertiary/aromatic N) is 1. The number of aromatic hydroxyl groups is 1. The number of phenolic OH excluding ortho intramolecular Hbond substituents is 1. The van der Waals surface area contributed by atoms with Gasteiger partial charge in [0, 0.05) is 0 Å². The van der Waals surface area contributed by atoms with Gasteiger partial charge in [-0.1, -0.05) is 0 Å². The van der Waals surface area contributed by atoms with E-state index in [1.165, 1.54) is 10.4 Å². The van der Waals surface area contributed by atoms with Crippen molar-refractivity contribution in [2.24, 2.45) is 4.99 Å². The Morgan fingerprint density at radius 1 is 1.03 bits per heavy atom. The SMILES string of the molecule is C[C](=[Ni])C(=NC(=[C-]c1ccccc1O)CCc1ccccc1)c1ccc(C)s1.[OH-]. The number of aryl methyl sites for hydroxylation is 2. The monoisotopic (exact) mass is 447 g/mol. The van der Waals surface area contributed by atoms with Crippen LogP contribution in [0.4, 0.5) is 0 Å². The minimum Gasteiger partial charge on any atom is -0.870 e. The third-order valence-corrected chi connectivity index (χ3v) is 5.45. The van der Waals surface area contributed by atoms with Crippen LogP contribution in [-0.4, -0.2) is 20.8 Å². The zero-order valence-corrected chi connectivity index (χ0v) is 18.1. The van der Waals surface area contributed by atoms with E-state index in [1.807, 2.05) is 37.3 Å². The van der Waals surface area contributed by atoms with Gasteiger partial charge in [-0.2, -0.15) is 0 Å². The van der Waals surface area contributed by atoms with Crippen molar-refractivity contribution in [2.75, 3.05) is 0 Å². The average Bonchev–Trinajstić information content (AvgIpc) is 3.12. The van der Waals surface area contributed by atoms with Gasteiger partial charge in [-0.15, -0.1) is 0 Å². The number of rotatable bonds is 7. The van der Waals surface area contributed by atoms with E-state index in [2.05, 4.69) is 37.3 Å². The van der Waals surface area contributed by atoms with E-state index in [1.54, 1.807) is 23.5 Å². The molecule has 0 radical (unpaired) electrons. The largest absolute Gasteiger partial charge is 0.870 e. The summed E-state index contributed by atoms with van der Waals surface area (Å²) in [6.45, 7) is 4.00. The molecule has 154 valence electrons. The predicted molar refractivity (Wildman–Crippen MR) is 117 cm³/mol. The standard InChI is InChI=1S/C24H22NOS.Ni.H2O/c1-3-22(24-16-13-18(2)27-24)25-21(15-14-19-9-5-4-6-10-19)17-20-11-7-8-12-23(20)26;;/h4-13,16,26H,14-15H2,1-2H3;;1H2/q-1;;/p-1. The Hall–Kier alpha value is -2.33. The molecule has 0 aliphatic carbocycles. The molecular weight excluding hydrogens is 425 g/mol. The van der Waals surface area contributed by atoms with Gasteiger partial charge >= 0.3 is 178 Å². The first-order chi connectivity index (χ1) is 13.5. The van der Waals surface area contributed by atoms with Crippen LogP contribution in [-0.2, 0) is 21.5 Å². The van der Waals surface area contributed by atoms with Crippen LogP contribution in [0.15, 0.2) is 77.4 Å². The minimum atomic E-state index is 0. The second kappa shape index (κ2) is 11.0. The summed E-state index contributed by atoms with van der Waals surface area (Å²) in [5, 5.41) is 10.2. The van der Waals surface area contributed by atoms with Crippen LogP contribution in [0, 0.1) is 13.0 Å². The number of benzene rings is 2. The number of hydrogen-bond acceptors (Lipinski definition) is 4. The Morgan fingerprint density at radius 3 is 2.34 bits per heavy atom. The van der Waals surface area contributed by atoms with Crippen molar-refractivity contribution in [1.29, 1.82) is 0 Å². The Balaban J connectivity index is 0.00000300. The average molecular weight is 448 g/mol. The van der Waals surface area contributed by atoms with E-state index >= 15 is 0 Å². The van der Waals surface area contributed by atoms with Crippen LogP contribution in [0.25, 0.3) is 0 Å². The molecule has 0 saturated heterocycles. The van der Waals surface area contributed by atoms with Gasteiger partial charge in [0.1, 0.15) is 0 Å². The molecule has 0 amide bonds. The number of para-hydroxylation sites is 1. The number of aliphatic imine (C=N–C) groups is 1. The summed E-state index contributed by atoms with van der Waals surface area (Å²) >= 11 is 6.83. The van der Waals surface area contributed by atoms with Crippen molar-refractivity contribution < 1.29 is 25.6 Å². The third kappa shape index (κ3) is 6.60. The number of phenols is 1. The molecule has 2 N–H and O–H groups in total. The van der Waals surface area contributed by atoms with Crippen LogP contribution in [0.3, 0.4) is 0 Å². The zero-order valence-electron chi connectivity index (χ0n) is 16.3. The van der Waals surface area contributed by atoms with E-state index < -0.39 is 0 Å². The number of allylic oxidation sites excluding steroid dienone is 1. The maximum Gasteiger partial charge on any atom is -0.870 e. The van der Waals surface area contributed by atoms with E-state index in [4.69, 9.17) is 20.0 Å². The number of hydrogen-bond donors (Lipinski definition) is 1. The molecule has 5 heteroatoms. The van der Waals surface area contributed by atoms with Crippen molar-refractivity contribution in [3.05, 3.63) is 99.4 Å². The Labute approximate surface area is 183 Å². The van der Waals surface area contributed by atoms with Gasteiger partial charge in [0.15, 0.2) is 0 Å². The van der Waals surface area contributed by atoms with Gasteiger partial charge in [-0.3, -0.25) is 0 Å². The van der Waals surface area contributed by atoms with E-state index in [9.17, 15) is 5.11 Å². The molecule has 0 atom stereocenters. The van der Waals surface area contributed by atoms with Gasteiger partial charge in [0.25, 0.3) is 0 Å². The van der Waals surface area contributed by atoms with Gasteiger partial charge in [-0.25, -0.2) is 0 Å². The molecule has 3 nitrogen and oxygen atoms in total. The molecule has 0 saturated carbocycles. The molecule has 0 bridgehead atoms. The second-order valence-corrected chi connectivity index (χ2v) is 8.46. The second-order valence-electron chi connectivity index (χ2n) is 6.43. The van der Waals surface area contributed by atoms with Crippen LogP contribution in [0.1, 0.15) is 34.2 Å². The topological polar surface area (TPSA) is 62.6 Å². The van der Waals surface area contributed by atoms with E-state index in [0.29, 0.717) is 12.0 Å². The summed E-state index contributed by atoms with van der Waals surface area (Å²) in [5.41, 5.74) is 3.48. The Kier molecular flexibility index (Phi) is 8.72. The summed E-state index contributed by atoms with van der Waals surface area (Å²) < 4.78 is 0.790. The molecule has 1 aromatic heterocycles. The molecule has 1 heterocycles. The Morgan fingerprint density at radius 2 is 1.72 bits per heavy atom. The summed E-state index contributed by atoms with van der Waals surface area (Å²) in [5.74, 6) is 0.199. The van der Waals surface area contributed by atoms with Crippen LogP contribution in [0.2, 0.25) is 0 Å². The molecule has 0 aliphatic heterocycles. The Bertz CT molecular complexity index is 1020. The van der Waals surface area contributed by atoms with Crippen LogP contribution < -0.4 is 0 Å². The van der Waals surface area contributed by atoms with Crippen LogP contribution >= 0.6 is 11.3 Å². The van der Waals surface area contributed by atoms with Crippen molar-refractivity contribution in [3.8, 4) is 5.75 Å². The summed E-state index contributed by atoms with van der Waals surface area (Å²) in [6, 6.07) is 21.7. The molecular formula is C24H23NNiO2S-2. The first-order valence-electron chi connectivity index (χ1n) is 9.09. The fraction of sp³-hybridized carbons (Fsp3) is 0.167. The van der Waals surface area contributed by atoms with E-state index in [-0.39, 0.29) is 11.2 Å².